The standard InChI is InChI=1S/C15H14N/c1-2-16-13-7-8-15-12(10-13)9-11-5-3-4-6-14(11)15/h3-8,16H,2,9H2,1H3. The Balaban J connectivity index is 2.07. The van der Waals surface area contributed by atoms with E-state index in [1.807, 2.05) is 0 Å². The van der Waals surface area contributed by atoms with Crippen LogP contribution in [0.2, 0.25) is 0 Å². The predicted octanol–water partition coefficient (Wildman–Crippen LogP) is 3.49. The van der Waals surface area contributed by atoms with E-state index in [-0.39, 0.29) is 0 Å². The first-order chi connectivity index (χ1) is 7.88. The van der Waals surface area contributed by atoms with Gasteiger partial charge in [-0.05, 0) is 41.7 Å². The van der Waals surface area contributed by atoms with Crippen LogP contribution in [0.4, 0.5) is 5.69 Å². The van der Waals surface area contributed by atoms with E-state index in [0.717, 1.165) is 18.7 Å². The van der Waals surface area contributed by atoms with E-state index in [0.29, 0.717) is 0 Å². The van der Waals surface area contributed by atoms with E-state index >= 15 is 0 Å². The summed E-state index contributed by atoms with van der Waals surface area (Å²) < 4.78 is 0. The first kappa shape index (κ1) is 9.46. The van der Waals surface area contributed by atoms with Crippen molar-refractivity contribution in [2.75, 3.05) is 11.9 Å². The summed E-state index contributed by atoms with van der Waals surface area (Å²) in [4.78, 5) is 0. The minimum absolute atomic E-state index is 0.947. The van der Waals surface area contributed by atoms with Crippen molar-refractivity contribution < 1.29 is 0 Å². The third kappa shape index (κ3) is 1.40. The van der Waals surface area contributed by atoms with Gasteiger partial charge in [-0.25, -0.2) is 0 Å². The van der Waals surface area contributed by atoms with Crippen LogP contribution in [0.5, 0.6) is 0 Å². The van der Waals surface area contributed by atoms with Crippen molar-refractivity contribution in [3.8, 4) is 11.1 Å². The Bertz CT molecular complexity index is 529. The Morgan fingerprint density at radius 3 is 2.88 bits per heavy atom. The summed E-state index contributed by atoms with van der Waals surface area (Å²) in [5, 5.41) is 3.31. The summed E-state index contributed by atoms with van der Waals surface area (Å²) in [5.74, 6) is 0. The molecule has 2 aromatic rings. The highest BCUT2D eigenvalue weighted by molar-refractivity contribution is 5.78. The molecule has 0 atom stereocenters. The molecule has 0 aromatic heterocycles. The molecule has 0 saturated carbocycles. The molecule has 1 aliphatic rings. The lowest BCUT2D eigenvalue weighted by Crippen LogP contribution is -1.97. The fourth-order valence-electron chi connectivity index (χ4n) is 2.35. The number of anilines is 1. The Morgan fingerprint density at radius 2 is 2.00 bits per heavy atom. The van der Waals surface area contributed by atoms with Gasteiger partial charge in [0.2, 0.25) is 0 Å². The van der Waals surface area contributed by atoms with Gasteiger partial charge in [-0.3, -0.25) is 0 Å². The van der Waals surface area contributed by atoms with Crippen molar-refractivity contribution >= 4 is 5.69 Å². The normalized spacial score (nSPS) is 12.1. The fraction of sp³-hybridized carbons (Fsp3) is 0.200. The van der Waals surface area contributed by atoms with E-state index in [1.54, 1.807) is 0 Å². The van der Waals surface area contributed by atoms with E-state index in [1.165, 1.54) is 22.3 Å². The molecule has 3 rings (SSSR count). The van der Waals surface area contributed by atoms with Gasteiger partial charge in [0, 0.05) is 18.3 Å². The zero-order chi connectivity index (χ0) is 11.0. The lowest BCUT2D eigenvalue weighted by Gasteiger charge is -2.05. The topological polar surface area (TPSA) is 12.0 Å². The van der Waals surface area contributed by atoms with Crippen molar-refractivity contribution in [2.45, 2.75) is 13.3 Å². The molecule has 1 radical (unpaired) electrons. The molecule has 0 spiro atoms. The second-order valence-corrected chi connectivity index (χ2v) is 4.13. The van der Waals surface area contributed by atoms with E-state index in [2.05, 4.69) is 54.7 Å². The number of hydrogen-bond acceptors (Lipinski definition) is 1. The smallest absolute Gasteiger partial charge is 0.0424 e. The molecule has 1 heteroatoms. The summed E-state index contributed by atoms with van der Waals surface area (Å²) in [6.07, 6.45) is 1.02. The third-order valence-electron chi connectivity index (χ3n) is 3.07. The maximum atomic E-state index is 3.46. The summed E-state index contributed by atoms with van der Waals surface area (Å²) >= 11 is 0. The Kier molecular flexibility index (Phi) is 2.17. The molecule has 1 N–H and O–H groups in total. The monoisotopic (exact) mass is 208 g/mol. The number of rotatable bonds is 2. The SMILES string of the molecule is CCNc1[c]c2c(cc1)-c1ccccc1C2. The van der Waals surface area contributed by atoms with E-state index in [4.69, 9.17) is 0 Å². The van der Waals surface area contributed by atoms with Crippen molar-refractivity contribution in [1.29, 1.82) is 0 Å². The third-order valence-corrected chi connectivity index (χ3v) is 3.07. The van der Waals surface area contributed by atoms with Crippen LogP contribution in [-0.2, 0) is 6.42 Å². The number of fused-ring (bicyclic) bond motifs is 3. The maximum absolute atomic E-state index is 3.46. The number of nitrogens with one attached hydrogen (secondary N) is 1. The van der Waals surface area contributed by atoms with Crippen molar-refractivity contribution in [3.63, 3.8) is 0 Å². The van der Waals surface area contributed by atoms with Crippen LogP contribution >= 0.6 is 0 Å². The molecule has 0 fully saturated rings. The van der Waals surface area contributed by atoms with Gasteiger partial charge in [0.05, 0.1) is 0 Å². The van der Waals surface area contributed by atoms with Gasteiger partial charge in [0.1, 0.15) is 0 Å². The summed E-state index contributed by atoms with van der Waals surface area (Å²) in [6, 6.07) is 16.4. The fourth-order valence-corrected chi connectivity index (χ4v) is 2.35. The second kappa shape index (κ2) is 3.67. The Labute approximate surface area is 96.1 Å². The minimum Gasteiger partial charge on any atom is -0.385 e. The largest absolute Gasteiger partial charge is 0.385 e. The number of hydrogen-bond donors (Lipinski definition) is 1. The summed E-state index contributed by atoms with van der Waals surface area (Å²) in [7, 11) is 0. The molecule has 1 nitrogen and oxygen atoms in total. The first-order valence-electron chi connectivity index (χ1n) is 5.76. The van der Waals surface area contributed by atoms with Gasteiger partial charge in [-0.2, -0.15) is 0 Å². The van der Waals surface area contributed by atoms with E-state index in [9.17, 15) is 0 Å². The van der Waals surface area contributed by atoms with Crippen LogP contribution in [0.1, 0.15) is 18.1 Å². The van der Waals surface area contributed by atoms with Gasteiger partial charge in [0.25, 0.3) is 0 Å². The molecule has 0 amide bonds. The molecule has 0 unspecified atom stereocenters. The molecule has 2 aromatic carbocycles. The first-order valence-corrected chi connectivity index (χ1v) is 5.76. The molecule has 16 heavy (non-hydrogen) atoms. The van der Waals surface area contributed by atoms with Crippen molar-refractivity contribution in [1.82, 2.24) is 0 Å². The Morgan fingerprint density at radius 1 is 1.12 bits per heavy atom. The molecule has 79 valence electrons. The number of benzene rings is 2. The Hall–Kier alpha value is -1.76. The highest BCUT2D eigenvalue weighted by atomic mass is 14.8. The van der Waals surface area contributed by atoms with Crippen molar-refractivity contribution in [3.05, 3.63) is 53.6 Å². The highest BCUT2D eigenvalue weighted by Crippen LogP contribution is 2.37. The lowest BCUT2D eigenvalue weighted by atomic mass is 10.1. The average molecular weight is 208 g/mol. The molecule has 0 heterocycles. The summed E-state index contributed by atoms with van der Waals surface area (Å²) in [5.41, 5.74) is 6.56. The van der Waals surface area contributed by atoms with Crippen LogP contribution in [0.3, 0.4) is 0 Å². The van der Waals surface area contributed by atoms with Crippen LogP contribution < -0.4 is 5.32 Å². The van der Waals surface area contributed by atoms with Gasteiger partial charge < -0.3 is 5.32 Å². The summed E-state index contributed by atoms with van der Waals surface area (Å²) in [6.45, 7) is 3.05. The van der Waals surface area contributed by atoms with Gasteiger partial charge >= 0.3 is 0 Å². The zero-order valence-corrected chi connectivity index (χ0v) is 9.38. The molecule has 0 aliphatic heterocycles. The van der Waals surface area contributed by atoms with Gasteiger partial charge in [-0.15, -0.1) is 0 Å². The molecular formula is C15H14N. The predicted molar refractivity (Wildman–Crippen MR) is 67.7 cm³/mol. The molecular weight excluding hydrogens is 194 g/mol. The minimum atomic E-state index is 0.947. The average Bonchev–Trinajstić information content (AvgIpc) is 2.67. The van der Waals surface area contributed by atoms with Crippen molar-refractivity contribution in [2.24, 2.45) is 0 Å². The lowest BCUT2D eigenvalue weighted by molar-refractivity contribution is 1.20. The van der Waals surface area contributed by atoms with Crippen LogP contribution in [0, 0.1) is 6.07 Å². The van der Waals surface area contributed by atoms with Gasteiger partial charge in [-0.1, -0.05) is 30.3 Å². The maximum Gasteiger partial charge on any atom is 0.0424 e. The zero-order valence-electron chi connectivity index (χ0n) is 9.38. The quantitative estimate of drug-likeness (QED) is 0.679. The molecule has 0 saturated heterocycles. The van der Waals surface area contributed by atoms with Crippen LogP contribution in [0.25, 0.3) is 11.1 Å². The highest BCUT2D eigenvalue weighted by Gasteiger charge is 2.17. The second-order valence-electron chi connectivity index (χ2n) is 4.13. The van der Waals surface area contributed by atoms with Crippen LogP contribution in [0.15, 0.2) is 36.4 Å². The van der Waals surface area contributed by atoms with Crippen LogP contribution in [-0.4, -0.2) is 6.54 Å². The van der Waals surface area contributed by atoms with Gasteiger partial charge in [0.15, 0.2) is 0 Å². The molecule has 0 bridgehead atoms. The van der Waals surface area contributed by atoms with E-state index < -0.39 is 0 Å². The molecule has 1 aliphatic carbocycles.